The molecule has 0 atom stereocenters. The Morgan fingerprint density at radius 2 is 2.15 bits per heavy atom. The first-order chi connectivity index (χ1) is 9.61. The molecule has 1 amide bonds. The molecule has 112 valence electrons. The van der Waals surface area contributed by atoms with E-state index < -0.39 is 0 Å². The zero-order chi connectivity index (χ0) is 14.5. The number of hydrogen-bond acceptors (Lipinski definition) is 4. The Kier molecular flexibility index (Phi) is 5.20. The van der Waals surface area contributed by atoms with Crippen molar-refractivity contribution in [2.75, 3.05) is 26.2 Å². The van der Waals surface area contributed by atoms with Crippen LogP contribution in [0.4, 0.5) is 0 Å². The number of nitrogens with two attached hydrogens (primary N) is 1. The summed E-state index contributed by atoms with van der Waals surface area (Å²) in [6.07, 6.45) is 2.95. The molecule has 0 radical (unpaired) electrons. The Morgan fingerprint density at radius 1 is 1.45 bits per heavy atom. The second-order valence-corrected chi connectivity index (χ2v) is 5.33. The van der Waals surface area contributed by atoms with Crippen LogP contribution < -0.4 is 5.73 Å². The molecule has 1 aliphatic rings. The van der Waals surface area contributed by atoms with Gasteiger partial charge in [-0.1, -0.05) is 0 Å². The number of piperidine rings is 1. The third-order valence-corrected chi connectivity index (χ3v) is 3.70. The van der Waals surface area contributed by atoms with Crippen molar-refractivity contribution < 1.29 is 13.9 Å². The van der Waals surface area contributed by atoms with Crippen LogP contribution in [0, 0.1) is 13.8 Å². The van der Waals surface area contributed by atoms with Crippen molar-refractivity contribution in [3.63, 3.8) is 0 Å². The van der Waals surface area contributed by atoms with Gasteiger partial charge in [-0.05, 0) is 45.7 Å². The first-order valence-corrected chi connectivity index (χ1v) is 7.29. The fourth-order valence-electron chi connectivity index (χ4n) is 2.57. The van der Waals surface area contributed by atoms with Crippen LogP contribution in [0.15, 0.2) is 10.5 Å². The molecule has 5 heteroatoms. The fraction of sp³-hybridized carbons (Fsp3) is 0.667. The molecule has 2 rings (SSSR count). The van der Waals surface area contributed by atoms with Gasteiger partial charge in [-0.2, -0.15) is 0 Å². The van der Waals surface area contributed by atoms with Crippen LogP contribution in [0.5, 0.6) is 0 Å². The number of nitrogens with zero attached hydrogens (tertiary/aromatic N) is 1. The van der Waals surface area contributed by atoms with Gasteiger partial charge in [0, 0.05) is 19.7 Å². The van der Waals surface area contributed by atoms with Crippen LogP contribution >= 0.6 is 0 Å². The smallest absolute Gasteiger partial charge is 0.257 e. The summed E-state index contributed by atoms with van der Waals surface area (Å²) in [6.45, 7) is 6.57. The number of ether oxygens (including phenoxy) is 1. The topological polar surface area (TPSA) is 68.7 Å². The lowest BCUT2D eigenvalue weighted by Gasteiger charge is -2.31. The minimum atomic E-state index is 0.0692. The average Bonchev–Trinajstić information content (AvgIpc) is 2.78. The molecule has 1 fully saturated rings. The van der Waals surface area contributed by atoms with Crippen molar-refractivity contribution in [2.45, 2.75) is 39.2 Å². The number of rotatable bonds is 5. The highest BCUT2D eigenvalue weighted by Gasteiger charge is 2.26. The molecule has 0 spiro atoms. The van der Waals surface area contributed by atoms with E-state index in [-0.39, 0.29) is 12.0 Å². The summed E-state index contributed by atoms with van der Waals surface area (Å²) in [5.74, 6) is 1.56. The molecular weight excluding hydrogens is 256 g/mol. The molecule has 0 aliphatic carbocycles. The molecule has 0 bridgehead atoms. The average molecular weight is 280 g/mol. The standard InChI is InChI=1S/C15H24N2O3/c1-11-10-14(12(2)20-11)15(18)17-7-4-13(5-8-17)19-9-3-6-16/h10,13H,3-9,16H2,1-2H3. The van der Waals surface area contributed by atoms with Crippen molar-refractivity contribution in [3.05, 3.63) is 23.2 Å². The molecule has 0 saturated carbocycles. The van der Waals surface area contributed by atoms with Crippen LogP contribution in [0.2, 0.25) is 0 Å². The summed E-state index contributed by atoms with van der Waals surface area (Å²) in [4.78, 5) is 14.3. The third kappa shape index (κ3) is 3.61. The summed E-state index contributed by atoms with van der Waals surface area (Å²) in [7, 11) is 0. The fourth-order valence-corrected chi connectivity index (χ4v) is 2.57. The van der Waals surface area contributed by atoms with Crippen LogP contribution in [-0.2, 0) is 4.74 Å². The Hall–Kier alpha value is -1.33. The van der Waals surface area contributed by atoms with Gasteiger partial charge in [-0.15, -0.1) is 0 Å². The predicted octanol–water partition coefficient (Wildman–Crippen LogP) is 1.87. The Bertz CT molecular complexity index is 448. The zero-order valence-electron chi connectivity index (χ0n) is 12.4. The number of carbonyl (C=O) groups excluding carboxylic acids is 1. The number of carbonyl (C=O) groups is 1. The second kappa shape index (κ2) is 6.90. The van der Waals surface area contributed by atoms with E-state index in [1.54, 1.807) is 0 Å². The number of aryl methyl sites for hydroxylation is 2. The maximum Gasteiger partial charge on any atom is 0.257 e. The van der Waals surface area contributed by atoms with Crippen LogP contribution in [0.1, 0.15) is 41.1 Å². The maximum atomic E-state index is 12.4. The molecular formula is C15H24N2O3. The summed E-state index contributed by atoms with van der Waals surface area (Å²) in [6, 6.07) is 1.82. The summed E-state index contributed by atoms with van der Waals surface area (Å²) >= 11 is 0. The predicted molar refractivity (Wildman–Crippen MR) is 76.7 cm³/mol. The Balaban J connectivity index is 1.84. The van der Waals surface area contributed by atoms with Gasteiger partial charge in [0.25, 0.3) is 5.91 Å². The Morgan fingerprint density at radius 3 is 2.70 bits per heavy atom. The zero-order valence-corrected chi connectivity index (χ0v) is 12.4. The largest absolute Gasteiger partial charge is 0.466 e. The van der Waals surface area contributed by atoms with Crippen molar-refractivity contribution in [2.24, 2.45) is 5.73 Å². The number of amides is 1. The molecule has 20 heavy (non-hydrogen) atoms. The van der Waals surface area contributed by atoms with Crippen LogP contribution in [0.25, 0.3) is 0 Å². The lowest BCUT2D eigenvalue weighted by atomic mass is 10.1. The molecule has 0 aromatic carbocycles. The van der Waals surface area contributed by atoms with Gasteiger partial charge in [0.2, 0.25) is 0 Å². The molecule has 0 unspecified atom stereocenters. The SMILES string of the molecule is Cc1cc(C(=O)N2CCC(OCCCN)CC2)c(C)o1. The molecule has 1 saturated heterocycles. The van der Waals surface area contributed by atoms with E-state index >= 15 is 0 Å². The van der Waals surface area contributed by atoms with E-state index in [9.17, 15) is 4.79 Å². The van der Waals surface area contributed by atoms with E-state index in [4.69, 9.17) is 14.9 Å². The van der Waals surface area contributed by atoms with Gasteiger partial charge in [0.15, 0.2) is 0 Å². The Labute approximate surface area is 120 Å². The summed E-state index contributed by atoms with van der Waals surface area (Å²) in [5, 5.41) is 0. The van der Waals surface area contributed by atoms with Crippen LogP contribution in [0.3, 0.4) is 0 Å². The molecule has 5 nitrogen and oxygen atoms in total. The van der Waals surface area contributed by atoms with E-state index in [1.807, 2.05) is 24.8 Å². The highest BCUT2D eigenvalue weighted by atomic mass is 16.5. The maximum absolute atomic E-state index is 12.4. The molecule has 1 aromatic rings. The first kappa shape index (κ1) is 15.1. The van der Waals surface area contributed by atoms with Gasteiger partial charge in [-0.25, -0.2) is 0 Å². The van der Waals surface area contributed by atoms with E-state index in [1.165, 1.54) is 0 Å². The lowest BCUT2D eigenvalue weighted by Crippen LogP contribution is -2.41. The van der Waals surface area contributed by atoms with Crippen molar-refractivity contribution >= 4 is 5.91 Å². The quantitative estimate of drug-likeness (QED) is 0.836. The first-order valence-electron chi connectivity index (χ1n) is 7.29. The highest BCUT2D eigenvalue weighted by Crippen LogP contribution is 2.20. The lowest BCUT2D eigenvalue weighted by molar-refractivity contribution is 0.00841. The second-order valence-electron chi connectivity index (χ2n) is 5.33. The van der Waals surface area contributed by atoms with Gasteiger partial charge >= 0.3 is 0 Å². The van der Waals surface area contributed by atoms with Gasteiger partial charge in [-0.3, -0.25) is 4.79 Å². The normalized spacial score (nSPS) is 16.6. The number of furan rings is 1. The van der Waals surface area contributed by atoms with Gasteiger partial charge < -0.3 is 19.8 Å². The minimum Gasteiger partial charge on any atom is -0.466 e. The third-order valence-electron chi connectivity index (χ3n) is 3.70. The van der Waals surface area contributed by atoms with Gasteiger partial charge in [0.05, 0.1) is 11.7 Å². The highest BCUT2D eigenvalue weighted by molar-refractivity contribution is 5.95. The molecule has 1 aromatic heterocycles. The number of hydrogen-bond donors (Lipinski definition) is 1. The van der Waals surface area contributed by atoms with Crippen molar-refractivity contribution in [3.8, 4) is 0 Å². The van der Waals surface area contributed by atoms with Gasteiger partial charge in [0.1, 0.15) is 11.5 Å². The van der Waals surface area contributed by atoms with E-state index in [0.717, 1.165) is 44.7 Å². The summed E-state index contributed by atoms with van der Waals surface area (Å²) < 4.78 is 11.2. The monoisotopic (exact) mass is 280 g/mol. The van der Waals surface area contributed by atoms with Crippen molar-refractivity contribution in [1.82, 2.24) is 4.90 Å². The van der Waals surface area contributed by atoms with Crippen molar-refractivity contribution in [1.29, 1.82) is 0 Å². The molecule has 2 N–H and O–H groups in total. The number of likely N-dealkylation sites (tertiary alicyclic amines) is 1. The molecule has 1 aliphatic heterocycles. The van der Waals surface area contributed by atoms with Crippen LogP contribution in [-0.4, -0.2) is 43.2 Å². The summed E-state index contributed by atoms with van der Waals surface area (Å²) in [5.41, 5.74) is 6.13. The molecule has 2 heterocycles. The van der Waals surface area contributed by atoms with E-state index in [2.05, 4.69) is 0 Å². The minimum absolute atomic E-state index is 0.0692. The van der Waals surface area contributed by atoms with E-state index in [0.29, 0.717) is 17.9 Å².